The Labute approximate surface area is 227 Å². The highest BCUT2D eigenvalue weighted by Gasteiger charge is 2.15. The minimum absolute atomic E-state index is 0.0489. The summed E-state index contributed by atoms with van der Waals surface area (Å²) < 4.78 is 0. The molecule has 0 fully saturated rings. The third-order valence-corrected chi connectivity index (χ3v) is 6.41. The Morgan fingerprint density at radius 2 is 1.11 bits per heavy atom. The molecule has 0 bridgehead atoms. The summed E-state index contributed by atoms with van der Waals surface area (Å²) in [6.07, 6.45) is 24.7. The van der Waals surface area contributed by atoms with Gasteiger partial charge in [-0.15, -0.1) is 0 Å². The third kappa shape index (κ3) is 34.2. The third-order valence-electron chi connectivity index (χ3n) is 6.41. The first-order valence-electron chi connectivity index (χ1n) is 15.1. The average molecular weight is 529 g/mol. The van der Waals surface area contributed by atoms with Crippen LogP contribution in [-0.4, -0.2) is 47.2 Å². The van der Waals surface area contributed by atoms with E-state index in [0.717, 1.165) is 38.6 Å². The summed E-state index contributed by atoms with van der Waals surface area (Å²) in [4.78, 5) is 25.1. The van der Waals surface area contributed by atoms with Gasteiger partial charge >= 0.3 is 11.9 Å². The summed E-state index contributed by atoms with van der Waals surface area (Å²) in [6, 6.07) is -0.499. The van der Waals surface area contributed by atoms with Crippen LogP contribution in [0.15, 0.2) is 4.99 Å². The Morgan fingerprint density at radius 1 is 0.676 bits per heavy atom. The zero-order valence-corrected chi connectivity index (χ0v) is 24.2. The number of hydrogen-bond acceptors (Lipinski definition) is 4. The second-order valence-corrected chi connectivity index (χ2v) is 10.1. The molecule has 1 atom stereocenters. The molecule has 0 saturated carbocycles. The molecule has 1 unspecified atom stereocenters. The summed E-state index contributed by atoms with van der Waals surface area (Å²) in [5, 5.41) is 20.5. The van der Waals surface area contributed by atoms with Crippen LogP contribution in [0.1, 0.15) is 149 Å². The molecule has 37 heavy (non-hydrogen) atoms. The minimum Gasteiger partial charge on any atom is -0.481 e. The van der Waals surface area contributed by atoms with Gasteiger partial charge < -0.3 is 27.0 Å². The number of carboxylic acid groups (broad SMARTS) is 2. The molecule has 0 aliphatic heterocycles. The van der Waals surface area contributed by atoms with Crippen LogP contribution in [0.5, 0.6) is 0 Å². The van der Waals surface area contributed by atoms with E-state index in [2.05, 4.69) is 24.2 Å². The van der Waals surface area contributed by atoms with Crippen LogP contribution in [-0.2, 0) is 9.59 Å². The highest BCUT2D eigenvalue weighted by Crippen LogP contribution is 2.13. The van der Waals surface area contributed by atoms with Gasteiger partial charge in [-0.1, -0.05) is 117 Å². The lowest BCUT2D eigenvalue weighted by atomic mass is 10.0. The van der Waals surface area contributed by atoms with Crippen molar-refractivity contribution in [2.75, 3.05) is 13.1 Å². The first-order valence-corrected chi connectivity index (χ1v) is 15.1. The van der Waals surface area contributed by atoms with Crippen LogP contribution in [0.25, 0.3) is 0 Å². The van der Waals surface area contributed by atoms with Gasteiger partial charge in [-0.2, -0.15) is 0 Å². The largest absolute Gasteiger partial charge is 0.481 e. The summed E-state index contributed by atoms with van der Waals surface area (Å²) in [7, 11) is 0. The Bertz CT molecular complexity index is 540. The summed E-state index contributed by atoms with van der Waals surface area (Å²) in [5.41, 5.74) is 10.4. The molecule has 0 radical (unpaired) electrons. The van der Waals surface area contributed by atoms with Crippen molar-refractivity contribution in [2.45, 2.75) is 155 Å². The second-order valence-electron chi connectivity index (χ2n) is 10.1. The van der Waals surface area contributed by atoms with Gasteiger partial charge in [0.2, 0.25) is 0 Å². The van der Waals surface area contributed by atoms with E-state index in [4.69, 9.17) is 21.7 Å². The van der Waals surface area contributed by atoms with E-state index in [0.29, 0.717) is 25.8 Å². The number of unbranched alkanes of at least 4 members (excludes halogenated alkanes) is 16. The van der Waals surface area contributed by atoms with E-state index in [1.807, 2.05) is 0 Å². The van der Waals surface area contributed by atoms with Crippen LogP contribution in [0.3, 0.4) is 0 Å². The summed E-state index contributed by atoms with van der Waals surface area (Å²) >= 11 is 0. The zero-order chi connectivity index (χ0) is 28.0. The van der Waals surface area contributed by atoms with Crippen LogP contribution in [0, 0.1) is 0 Å². The van der Waals surface area contributed by atoms with Crippen molar-refractivity contribution in [3.8, 4) is 0 Å². The average Bonchev–Trinajstić information content (AvgIpc) is 2.85. The van der Waals surface area contributed by atoms with Gasteiger partial charge in [-0.3, -0.25) is 14.6 Å². The molecule has 7 N–H and O–H groups in total. The van der Waals surface area contributed by atoms with Gasteiger partial charge in [-0.05, 0) is 32.2 Å². The van der Waals surface area contributed by atoms with Gasteiger partial charge in [0.05, 0.1) is 0 Å². The quantitative estimate of drug-likeness (QED) is 0.0481. The maximum Gasteiger partial charge on any atom is 0.320 e. The number of carbonyl (C=O) groups is 2. The van der Waals surface area contributed by atoms with Crippen molar-refractivity contribution in [1.29, 1.82) is 0 Å². The fourth-order valence-electron chi connectivity index (χ4n) is 4.12. The first kappa shape index (κ1) is 37.3. The Kier molecular flexibility index (Phi) is 30.7. The molecule has 0 aliphatic carbocycles. The van der Waals surface area contributed by atoms with Crippen molar-refractivity contribution in [2.24, 2.45) is 16.5 Å². The normalized spacial score (nSPS) is 11.4. The fraction of sp³-hybridized carbons (Fsp3) is 0.897. The summed E-state index contributed by atoms with van der Waals surface area (Å²) in [5.74, 6) is -1.42. The number of aliphatic carboxylic acids is 2. The van der Waals surface area contributed by atoms with Crippen molar-refractivity contribution in [3.05, 3.63) is 0 Å². The number of aliphatic imine (C=N–C) groups is 1. The van der Waals surface area contributed by atoms with Crippen LogP contribution >= 0.6 is 0 Å². The fourth-order valence-corrected chi connectivity index (χ4v) is 4.12. The molecule has 0 aliphatic rings. The zero-order valence-electron chi connectivity index (χ0n) is 24.2. The smallest absolute Gasteiger partial charge is 0.320 e. The molecule has 0 amide bonds. The van der Waals surface area contributed by atoms with E-state index >= 15 is 0 Å². The lowest BCUT2D eigenvalue weighted by Crippen LogP contribution is -2.37. The molecule has 0 rings (SSSR count). The molecule has 0 heterocycles. The van der Waals surface area contributed by atoms with Crippen molar-refractivity contribution >= 4 is 17.9 Å². The molecule has 220 valence electrons. The number of nitrogens with one attached hydrogen (secondary N) is 1. The molecular formula is C29H60N4O4. The van der Waals surface area contributed by atoms with E-state index in [9.17, 15) is 9.59 Å². The lowest BCUT2D eigenvalue weighted by molar-refractivity contribution is -0.140. The second kappa shape index (κ2) is 30.4. The Morgan fingerprint density at radius 3 is 1.51 bits per heavy atom. The molecule has 0 aromatic carbocycles. The van der Waals surface area contributed by atoms with Gasteiger partial charge in [0, 0.05) is 13.0 Å². The molecule has 0 aromatic heterocycles. The van der Waals surface area contributed by atoms with E-state index < -0.39 is 18.0 Å². The molecule has 0 saturated heterocycles. The Hall–Kier alpha value is -1.83. The maximum absolute atomic E-state index is 10.9. The van der Waals surface area contributed by atoms with E-state index in [1.165, 1.54) is 83.5 Å². The van der Waals surface area contributed by atoms with Gasteiger partial charge in [0.25, 0.3) is 0 Å². The SMILES string of the molecule is CCCCCCCCCCCCCCCCCC(=O)O.CCCCCNC(CCCN=C(N)N)C(=O)O. The minimum atomic E-state index is -0.814. The highest BCUT2D eigenvalue weighted by molar-refractivity contribution is 5.75. The number of carboxylic acids is 2. The number of nitrogens with zero attached hydrogens (tertiary/aromatic N) is 1. The topological polar surface area (TPSA) is 151 Å². The van der Waals surface area contributed by atoms with Crippen molar-refractivity contribution in [1.82, 2.24) is 5.32 Å². The number of guanidine groups is 1. The molecule has 8 nitrogen and oxygen atoms in total. The van der Waals surface area contributed by atoms with Gasteiger partial charge in [0.15, 0.2) is 5.96 Å². The molecule has 0 spiro atoms. The van der Waals surface area contributed by atoms with Gasteiger partial charge in [0.1, 0.15) is 6.04 Å². The number of rotatable bonds is 26. The monoisotopic (exact) mass is 528 g/mol. The van der Waals surface area contributed by atoms with Crippen LogP contribution < -0.4 is 16.8 Å². The maximum atomic E-state index is 10.9. The standard InChI is InChI=1S/C18H36O2.C11H24N4O2/c1-2-3-4-5-6-7-8-9-10-11-12-13-14-15-16-17-18(19)20;1-2-3-4-7-14-9(10(16)17)6-5-8-15-11(12)13/h2-17H2,1H3,(H,19,20);9,14H,2-8H2,1H3,(H,16,17)(H4,12,13,15). The van der Waals surface area contributed by atoms with Crippen molar-refractivity contribution < 1.29 is 19.8 Å². The van der Waals surface area contributed by atoms with E-state index in [-0.39, 0.29) is 5.96 Å². The predicted octanol–water partition coefficient (Wildman–Crippen LogP) is 6.61. The first-order chi connectivity index (χ1) is 17.8. The lowest BCUT2D eigenvalue weighted by Gasteiger charge is -2.13. The number of nitrogens with two attached hydrogens (primary N) is 2. The van der Waals surface area contributed by atoms with Crippen molar-refractivity contribution in [3.63, 3.8) is 0 Å². The summed E-state index contributed by atoms with van der Waals surface area (Å²) in [6.45, 7) is 5.60. The molecule has 0 aromatic rings. The predicted molar refractivity (Wildman–Crippen MR) is 156 cm³/mol. The van der Waals surface area contributed by atoms with Crippen LogP contribution in [0.2, 0.25) is 0 Å². The highest BCUT2D eigenvalue weighted by atomic mass is 16.4. The molecule has 8 heteroatoms. The van der Waals surface area contributed by atoms with Gasteiger partial charge in [-0.25, -0.2) is 0 Å². The van der Waals surface area contributed by atoms with Crippen LogP contribution in [0.4, 0.5) is 0 Å². The molecular weight excluding hydrogens is 468 g/mol. The Balaban J connectivity index is 0. The number of hydrogen-bond donors (Lipinski definition) is 5. The van der Waals surface area contributed by atoms with E-state index in [1.54, 1.807) is 0 Å².